The molecule has 0 aliphatic carbocycles. The number of nitrogens with two attached hydrogens (primary N) is 1. The molecule has 0 saturated heterocycles. The van der Waals surface area contributed by atoms with Crippen LogP contribution in [0, 0.1) is 0 Å². The van der Waals surface area contributed by atoms with E-state index in [1.807, 2.05) is 13.8 Å². The van der Waals surface area contributed by atoms with Gasteiger partial charge in [0.1, 0.15) is 0 Å². The maximum absolute atomic E-state index is 10.8. The highest BCUT2D eigenvalue weighted by Gasteiger charge is 2.01. The number of benzene rings is 1. The molecule has 25 heavy (non-hydrogen) atoms. The van der Waals surface area contributed by atoms with E-state index in [2.05, 4.69) is 51.2 Å². The van der Waals surface area contributed by atoms with Crippen LogP contribution in [0.1, 0.15) is 75.1 Å². The summed E-state index contributed by atoms with van der Waals surface area (Å²) in [4.78, 5) is 21.4. The van der Waals surface area contributed by atoms with Crippen LogP contribution >= 0.6 is 0 Å². The fourth-order valence-corrected chi connectivity index (χ4v) is 1.58. The molecule has 0 bridgehead atoms. The number of hydrogen-bond donors (Lipinski definition) is 1. The van der Waals surface area contributed by atoms with Gasteiger partial charge in [0, 0.05) is 11.1 Å². The van der Waals surface area contributed by atoms with Crippen LogP contribution < -0.4 is 5.73 Å². The normalized spacial score (nSPS) is 10.7. The molecule has 2 N–H and O–H groups in total. The predicted molar refractivity (Wildman–Crippen MR) is 109 cm³/mol. The summed E-state index contributed by atoms with van der Waals surface area (Å²) in [5, 5.41) is 0. The molecular formula is C22H33NO2. The van der Waals surface area contributed by atoms with Gasteiger partial charge in [-0.1, -0.05) is 75.8 Å². The minimum Gasteiger partial charge on any atom is -0.366 e. The van der Waals surface area contributed by atoms with Crippen LogP contribution in [0.15, 0.2) is 60.2 Å². The molecule has 0 heterocycles. The number of primary amides is 1. The summed E-state index contributed by atoms with van der Waals surface area (Å²) >= 11 is 0. The van der Waals surface area contributed by atoms with E-state index < -0.39 is 5.91 Å². The molecule has 0 aliphatic heterocycles. The van der Waals surface area contributed by atoms with Gasteiger partial charge in [-0.3, -0.25) is 9.59 Å². The third kappa shape index (κ3) is 13.7. The molecule has 3 heteroatoms. The second-order valence-corrected chi connectivity index (χ2v) is 5.06. The van der Waals surface area contributed by atoms with Crippen molar-refractivity contribution in [2.75, 3.05) is 0 Å². The van der Waals surface area contributed by atoms with Crippen LogP contribution in [-0.4, -0.2) is 11.7 Å². The van der Waals surface area contributed by atoms with Gasteiger partial charge in [-0.15, -0.1) is 0 Å². The largest absolute Gasteiger partial charge is 0.366 e. The first-order chi connectivity index (χ1) is 11.9. The molecule has 138 valence electrons. The molecule has 0 unspecified atom stereocenters. The Morgan fingerprint density at radius 2 is 1.40 bits per heavy atom. The number of rotatable bonds is 6. The maximum atomic E-state index is 10.8. The first-order valence-corrected chi connectivity index (χ1v) is 8.83. The molecule has 0 spiro atoms. The van der Waals surface area contributed by atoms with E-state index in [0.717, 1.165) is 12.8 Å². The molecule has 0 aliphatic rings. The first-order valence-electron chi connectivity index (χ1n) is 8.83. The van der Waals surface area contributed by atoms with Gasteiger partial charge in [-0.25, -0.2) is 0 Å². The number of carbonyl (C=O) groups excluding carboxylic acids is 2. The summed E-state index contributed by atoms with van der Waals surface area (Å²) < 4.78 is 0. The fourth-order valence-electron chi connectivity index (χ4n) is 1.58. The van der Waals surface area contributed by atoms with E-state index in [-0.39, 0.29) is 5.78 Å². The van der Waals surface area contributed by atoms with Gasteiger partial charge >= 0.3 is 0 Å². The van der Waals surface area contributed by atoms with Gasteiger partial charge in [0.15, 0.2) is 5.78 Å². The summed E-state index contributed by atoms with van der Waals surface area (Å²) in [5.41, 5.74) is 7.33. The highest BCUT2D eigenvalue weighted by Crippen LogP contribution is 2.03. The molecule has 1 rings (SSSR count). The maximum Gasteiger partial charge on any atom is 0.248 e. The van der Waals surface area contributed by atoms with E-state index >= 15 is 0 Å². The zero-order chi connectivity index (χ0) is 19.7. The summed E-state index contributed by atoms with van der Waals surface area (Å²) in [7, 11) is 0. The van der Waals surface area contributed by atoms with Crippen molar-refractivity contribution < 1.29 is 9.59 Å². The zero-order valence-corrected chi connectivity index (χ0v) is 16.5. The van der Waals surface area contributed by atoms with Gasteiger partial charge in [0.25, 0.3) is 0 Å². The molecule has 1 amide bonds. The number of hydrogen-bond acceptors (Lipinski definition) is 2. The monoisotopic (exact) mass is 343 g/mol. The molecule has 0 saturated carbocycles. The van der Waals surface area contributed by atoms with Gasteiger partial charge in [-0.05, 0) is 38.8 Å². The molecule has 0 aromatic heterocycles. The Bertz CT molecular complexity index is 546. The fraction of sp³-hybridized carbons (Fsp3) is 0.364. The summed E-state index contributed by atoms with van der Waals surface area (Å²) in [5.74, 6) is -0.504. The van der Waals surface area contributed by atoms with Crippen LogP contribution in [0.3, 0.4) is 0 Å². The quantitative estimate of drug-likeness (QED) is 0.518. The Labute approximate surface area is 153 Å². The summed E-state index contributed by atoms with van der Waals surface area (Å²) in [6.07, 6.45) is 12.9. The predicted octanol–water partition coefficient (Wildman–Crippen LogP) is 5.88. The average molecular weight is 344 g/mol. The minimum absolute atomic E-state index is 0.0222. The molecule has 0 radical (unpaired) electrons. The number of carbonyl (C=O) groups is 2. The number of allylic oxidation sites excluding steroid dienone is 6. The lowest BCUT2D eigenvalue weighted by Gasteiger charge is -1.96. The van der Waals surface area contributed by atoms with E-state index in [1.165, 1.54) is 12.5 Å². The van der Waals surface area contributed by atoms with Crippen LogP contribution in [-0.2, 0) is 0 Å². The second-order valence-electron chi connectivity index (χ2n) is 5.06. The zero-order valence-electron chi connectivity index (χ0n) is 16.5. The Hall–Kier alpha value is -2.42. The lowest BCUT2D eigenvalue weighted by Crippen LogP contribution is -2.10. The molecular weight excluding hydrogens is 310 g/mol. The Morgan fingerprint density at radius 3 is 1.80 bits per heavy atom. The van der Waals surface area contributed by atoms with Crippen molar-refractivity contribution >= 4 is 11.7 Å². The summed E-state index contributed by atoms with van der Waals surface area (Å²) in [6, 6.07) is 6.25. The average Bonchev–Trinajstić information content (AvgIpc) is 2.62. The van der Waals surface area contributed by atoms with Crippen molar-refractivity contribution in [2.24, 2.45) is 5.73 Å². The SMILES string of the molecule is CC.CC(=O)c1ccc(C(N)=O)cc1.CC\C=C/C(C)=C\C=C\CC. The Kier molecular flexibility index (Phi) is 16.3. The highest BCUT2D eigenvalue weighted by molar-refractivity contribution is 5.97. The third-order valence-corrected chi connectivity index (χ3v) is 2.92. The lowest BCUT2D eigenvalue weighted by atomic mass is 10.1. The summed E-state index contributed by atoms with van der Waals surface area (Å²) in [6.45, 7) is 11.9. The lowest BCUT2D eigenvalue weighted by molar-refractivity contribution is 0.0993. The topological polar surface area (TPSA) is 60.2 Å². The van der Waals surface area contributed by atoms with E-state index in [1.54, 1.807) is 24.3 Å². The first kappa shape index (κ1) is 24.8. The van der Waals surface area contributed by atoms with Crippen molar-refractivity contribution in [2.45, 2.75) is 54.4 Å². The van der Waals surface area contributed by atoms with E-state index in [9.17, 15) is 9.59 Å². The van der Waals surface area contributed by atoms with Crippen molar-refractivity contribution in [3.05, 3.63) is 71.3 Å². The smallest absolute Gasteiger partial charge is 0.248 e. The van der Waals surface area contributed by atoms with Crippen molar-refractivity contribution in [1.82, 2.24) is 0 Å². The van der Waals surface area contributed by atoms with Crippen LogP contribution in [0.4, 0.5) is 0 Å². The van der Waals surface area contributed by atoms with Crippen molar-refractivity contribution in [3.8, 4) is 0 Å². The second kappa shape index (κ2) is 16.4. The van der Waals surface area contributed by atoms with Gasteiger partial charge in [-0.2, -0.15) is 0 Å². The van der Waals surface area contributed by atoms with Crippen LogP contribution in [0.2, 0.25) is 0 Å². The van der Waals surface area contributed by atoms with Crippen LogP contribution in [0.25, 0.3) is 0 Å². The van der Waals surface area contributed by atoms with Gasteiger partial charge in [0.2, 0.25) is 5.91 Å². The van der Waals surface area contributed by atoms with Crippen LogP contribution in [0.5, 0.6) is 0 Å². The molecule has 1 aromatic carbocycles. The van der Waals surface area contributed by atoms with Crippen molar-refractivity contribution in [3.63, 3.8) is 0 Å². The van der Waals surface area contributed by atoms with Gasteiger partial charge in [0.05, 0.1) is 0 Å². The molecule has 1 aromatic rings. The third-order valence-electron chi connectivity index (χ3n) is 2.92. The van der Waals surface area contributed by atoms with E-state index in [0.29, 0.717) is 11.1 Å². The molecule has 0 atom stereocenters. The Balaban J connectivity index is 0. The van der Waals surface area contributed by atoms with Crippen molar-refractivity contribution in [1.29, 1.82) is 0 Å². The Morgan fingerprint density at radius 1 is 0.920 bits per heavy atom. The van der Waals surface area contributed by atoms with Gasteiger partial charge < -0.3 is 5.73 Å². The minimum atomic E-state index is -0.481. The molecule has 0 fully saturated rings. The number of Topliss-reactive ketones (excluding diaryl/α,β-unsaturated/α-hetero) is 1. The van der Waals surface area contributed by atoms with E-state index in [4.69, 9.17) is 5.73 Å². The standard InChI is InChI=1S/C11H18.C9H9NO2.C2H6/c1-4-6-8-10-11(3)9-7-5-2;1-6(11)7-2-4-8(5-3-7)9(10)12;1-2/h6-10H,4-5H2,1-3H3;2-5H,1H3,(H2,10,12);1-2H3/b8-6+,9-7-,11-10-;;. The number of ketones is 1. The number of amides is 1. The molecule has 3 nitrogen and oxygen atoms in total. The highest BCUT2D eigenvalue weighted by atomic mass is 16.1.